The summed E-state index contributed by atoms with van der Waals surface area (Å²) in [6.07, 6.45) is 2.55. The van der Waals surface area contributed by atoms with E-state index in [4.69, 9.17) is 4.74 Å². The lowest BCUT2D eigenvalue weighted by atomic mass is 10.1. The first kappa shape index (κ1) is 19.8. The number of methoxy groups -OCH3 is 1. The number of carbonyl (C=O) groups excluding carboxylic acids is 2. The Morgan fingerprint density at radius 2 is 1.77 bits per heavy atom. The van der Waals surface area contributed by atoms with Crippen LogP contribution in [0.3, 0.4) is 0 Å². The second kappa shape index (κ2) is 10.5. The van der Waals surface area contributed by atoms with Crippen LogP contribution in [0.4, 0.5) is 0 Å². The van der Waals surface area contributed by atoms with Crippen LogP contribution in [0.15, 0.2) is 54.6 Å². The summed E-state index contributed by atoms with van der Waals surface area (Å²) < 4.78 is 5.10. The minimum absolute atomic E-state index is 0.176. The normalized spacial score (nSPS) is 11.5. The van der Waals surface area contributed by atoms with Crippen LogP contribution in [-0.4, -0.2) is 37.0 Å². The Hall–Kier alpha value is -2.47. The van der Waals surface area contributed by atoms with Crippen molar-refractivity contribution < 1.29 is 14.3 Å². The Labute approximate surface area is 158 Å². The molecule has 138 valence electrons. The summed E-state index contributed by atoms with van der Waals surface area (Å²) in [7, 11) is 1.57. The van der Waals surface area contributed by atoms with E-state index in [0.717, 1.165) is 11.3 Å². The Morgan fingerprint density at radius 3 is 2.38 bits per heavy atom. The minimum Gasteiger partial charge on any atom is -0.497 e. The molecule has 26 heavy (non-hydrogen) atoms. The van der Waals surface area contributed by atoms with Gasteiger partial charge >= 0.3 is 0 Å². The maximum atomic E-state index is 12.5. The van der Waals surface area contributed by atoms with Gasteiger partial charge in [0.25, 0.3) is 5.91 Å². The predicted octanol–water partition coefficient (Wildman–Crippen LogP) is 2.86. The molecule has 6 heteroatoms. The molecule has 2 aromatic rings. The van der Waals surface area contributed by atoms with Gasteiger partial charge in [0.1, 0.15) is 11.8 Å². The molecule has 0 unspecified atom stereocenters. The molecule has 5 nitrogen and oxygen atoms in total. The molecular weight excluding hydrogens is 348 g/mol. The van der Waals surface area contributed by atoms with Crippen molar-refractivity contribution in [2.45, 2.75) is 19.0 Å². The molecule has 0 aliphatic heterocycles. The summed E-state index contributed by atoms with van der Waals surface area (Å²) in [6.45, 7) is 0.438. The highest BCUT2D eigenvalue weighted by atomic mass is 32.2. The molecular formula is C20H24N2O3S. The fraction of sp³-hybridized carbons (Fsp3) is 0.300. The van der Waals surface area contributed by atoms with E-state index in [1.807, 2.05) is 36.6 Å². The molecule has 2 N–H and O–H groups in total. The number of nitrogens with one attached hydrogen (secondary N) is 2. The quantitative estimate of drug-likeness (QED) is 0.710. The lowest BCUT2D eigenvalue weighted by Crippen LogP contribution is -2.46. The van der Waals surface area contributed by atoms with Crippen LogP contribution in [0.25, 0.3) is 0 Å². The molecule has 0 spiro atoms. The number of hydrogen-bond donors (Lipinski definition) is 2. The zero-order valence-corrected chi connectivity index (χ0v) is 15.8. The lowest BCUT2D eigenvalue weighted by molar-refractivity contribution is -0.123. The SMILES string of the molecule is COc1ccc(C(=O)N[C@@H](CCSC)C(=O)NCc2ccccc2)cc1. The lowest BCUT2D eigenvalue weighted by Gasteiger charge is -2.18. The third kappa shape index (κ3) is 6.11. The number of amides is 2. The average Bonchev–Trinajstić information content (AvgIpc) is 2.70. The highest BCUT2D eigenvalue weighted by molar-refractivity contribution is 7.98. The first-order chi connectivity index (χ1) is 12.6. The van der Waals surface area contributed by atoms with Gasteiger partial charge in [-0.1, -0.05) is 30.3 Å². The van der Waals surface area contributed by atoms with E-state index in [1.165, 1.54) is 0 Å². The number of rotatable bonds is 9. The van der Waals surface area contributed by atoms with E-state index < -0.39 is 6.04 Å². The molecule has 0 radical (unpaired) electrons. The van der Waals surface area contributed by atoms with Gasteiger partial charge in [0.05, 0.1) is 7.11 Å². The number of carbonyl (C=O) groups is 2. The van der Waals surface area contributed by atoms with Gasteiger partial charge in [-0.2, -0.15) is 11.8 Å². The summed E-state index contributed by atoms with van der Waals surface area (Å²) in [4.78, 5) is 25.0. The maximum absolute atomic E-state index is 12.5. The molecule has 0 saturated heterocycles. The largest absolute Gasteiger partial charge is 0.497 e. The molecule has 0 bridgehead atoms. The molecule has 0 fully saturated rings. The highest BCUT2D eigenvalue weighted by Gasteiger charge is 2.21. The third-order valence-electron chi connectivity index (χ3n) is 3.89. The van der Waals surface area contributed by atoms with Crippen molar-refractivity contribution >= 4 is 23.6 Å². The zero-order valence-electron chi connectivity index (χ0n) is 15.0. The Bertz CT molecular complexity index is 705. The van der Waals surface area contributed by atoms with E-state index in [2.05, 4.69) is 10.6 Å². The van der Waals surface area contributed by atoms with Crippen molar-refractivity contribution in [2.75, 3.05) is 19.1 Å². The summed E-state index contributed by atoms with van der Waals surface area (Å²) >= 11 is 1.64. The van der Waals surface area contributed by atoms with E-state index >= 15 is 0 Å². The van der Waals surface area contributed by atoms with Crippen molar-refractivity contribution in [1.82, 2.24) is 10.6 Å². The molecule has 2 rings (SSSR count). The Morgan fingerprint density at radius 1 is 1.08 bits per heavy atom. The van der Waals surface area contributed by atoms with Crippen LogP contribution >= 0.6 is 11.8 Å². The molecule has 0 aliphatic rings. The number of benzene rings is 2. The van der Waals surface area contributed by atoms with Crippen LogP contribution in [0.5, 0.6) is 5.75 Å². The predicted molar refractivity (Wildman–Crippen MR) is 106 cm³/mol. The standard InChI is InChI=1S/C20H24N2O3S/c1-25-17-10-8-16(9-11-17)19(23)22-18(12-13-26-2)20(24)21-14-15-6-4-3-5-7-15/h3-11,18H,12-14H2,1-2H3,(H,21,24)(H,22,23)/t18-/m0/s1. The topological polar surface area (TPSA) is 67.4 Å². The molecule has 0 saturated carbocycles. The van der Waals surface area contributed by atoms with Crippen LogP contribution in [0, 0.1) is 0 Å². The first-order valence-electron chi connectivity index (χ1n) is 8.39. The second-order valence-corrected chi connectivity index (χ2v) is 6.73. The van der Waals surface area contributed by atoms with Gasteiger partial charge in [-0.3, -0.25) is 9.59 Å². The van der Waals surface area contributed by atoms with E-state index in [1.54, 1.807) is 43.1 Å². The van der Waals surface area contributed by atoms with Crippen LogP contribution < -0.4 is 15.4 Å². The third-order valence-corrected chi connectivity index (χ3v) is 4.54. The molecule has 0 aromatic heterocycles. The molecule has 0 heterocycles. The van der Waals surface area contributed by atoms with Crippen molar-refractivity contribution in [3.63, 3.8) is 0 Å². The summed E-state index contributed by atoms with van der Waals surface area (Å²) in [6, 6.07) is 15.9. The maximum Gasteiger partial charge on any atom is 0.251 e. The molecule has 2 amide bonds. The summed E-state index contributed by atoms with van der Waals surface area (Å²) in [5.74, 6) is 1.02. The monoisotopic (exact) mass is 372 g/mol. The second-order valence-electron chi connectivity index (χ2n) is 5.74. The average molecular weight is 372 g/mol. The van der Waals surface area contributed by atoms with Gasteiger partial charge in [-0.15, -0.1) is 0 Å². The number of ether oxygens (including phenoxy) is 1. The van der Waals surface area contributed by atoms with Gasteiger partial charge in [0.15, 0.2) is 0 Å². The number of hydrogen-bond acceptors (Lipinski definition) is 4. The Balaban J connectivity index is 1.98. The van der Waals surface area contributed by atoms with Gasteiger partial charge in [0.2, 0.25) is 5.91 Å². The summed E-state index contributed by atoms with van der Waals surface area (Å²) in [5, 5.41) is 5.74. The van der Waals surface area contributed by atoms with Crippen LogP contribution in [0.1, 0.15) is 22.3 Å². The fourth-order valence-corrected chi connectivity index (χ4v) is 2.87. The van der Waals surface area contributed by atoms with E-state index in [0.29, 0.717) is 24.3 Å². The molecule has 2 aromatic carbocycles. The van der Waals surface area contributed by atoms with Crippen molar-refractivity contribution in [1.29, 1.82) is 0 Å². The van der Waals surface area contributed by atoms with Crippen molar-refractivity contribution in [3.8, 4) is 5.75 Å². The first-order valence-corrected chi connectivity index (χ1v) is 9.79. The van der Waals surface area contributed by atoms with Crippen molar-refractivity contribution in [3.05, 3.63) is 65.7 Å². The number of thioether (sulfide) groups is 1. The molecule has 0 aliphatic carbocycles. The van der Waals surface area contributed by atoms with Crippen LogP contribution in [-0.2, 0) is 11.3 Å². The van der Waals surface area contributed by atoms with Crippen LogP contribution in [0.2, 0.25) is 0 Å². The zero-order chi connectivity index (χ0) is 18.8. The fourth-order valence-electron chi connectivity index (χ4n) is 2.40. The smallest absolute Gasteiger partial charge is 0.251 e. The van der Waals surface area contributed by atoms with E-state index in [-0.39, 0.29) is 11.8 Å². The molecule has 1 atom stereocenters. The minimum atomic E-state index is -0.569. The summed E-state index contributed by atoms with van der Waals surface area (Å²) in [5.41, 5.74) is 1.52. The highest BCUT2D eigenvalue weighted by Crippen LogP contribution is 2.12. The Kier molecular flexibility index (Phi) is 8.02. The van der Waals surface area contributed by atoms with E-state index in [9.17, 15) is 9.59 Å². The van der Waals surface area contributed by atoms with Crippen molar-refractivity contribution in [2.24, 2.45) is 0 Å². The van der Waals surface area contributed by atoms with Gasteiger partial charge in [0, 0.05) is 12.1 Å². The van der Waals surface area contributed by atoms with Gasteiger partial charge in [-0.05, 0) is 48.3 Å². The van der Waals surface area contributed by atoms with Gasteiger partial charge < -0.3 is 15.4 Å². The van der Waals surface area contributed by atoms with Gasteiger partial charge in [-0.25, -0.2) is 0 Å².